The molecule has 0 aliphatic carbocycles. The minimum atomic E-state index is -0.955. The highest BCUT2D eigenvalue weighted by molar-refractivity contribution is 5.97. The quantitative estimate of drug-likeness (QED) is 0.691. The fourth-order valence-corrected chi connectivity index (χ4v) is 3.92. The lowest BCUT2D eigenvalue weighted by atomic mass is 10.1. The van der Waals surface area contributed by atoms with Crippen molar-refractivity contribution in [1.82, 2.24) is 4.90 Å². The van der Waals surface area contributed by atoms with E-state index in [4.69, 9.17) is 18.9 Å². The summed E-state index contributed by atoms with van der Waals surface area (Å²) in [6, 6.07) is 12.4. The molecule has 1 fully saturated rings. The molecule has 2 heterocycles. The number of carbonyl (C=O) groups is 2. The van der Waals surface area contributed by atoms with Crippen LogP contribution in [0.1, 0.15) is 36.7 Å². The first-order valence-electron chi connectivity index (χ1n) is 10.8. The number of anilines is 1. The van der Waals surface area contributed by atoms with Crippen LogP contribution in [-0.4, -0.2) is 55.0 Å². The van der Waals surface area contributed by atoms with Gasteiger partial charge in [-0.05, 0) is 50.6 Å². The molecule has 32 heavy (non-hydrogen) atoms. The van der Waals surface area contributed by atoms with Crippen LogP contribution < -0.4 is 14.8 Å². The maximum absolute atomic E-state index is 12.5. The molecular weight excluding hydrogens is 412 g/mol. The van der Waals surface area contributed by atoms with Gasteiger partial charge in [0.05, 0.1) is 17.8 Å². The summed E-state index contributed by atoms with van der Waals surface area (Å²) in [5.74, 6) is 0.222. The van der Waals surface area contributed by atoms with Gasteiger partial charge in [0.15, 0.2) is 17.6 Å². The maximum atomic E-state index is 12.5. The molecule has 0 bridgehead atoms. The number of esters is 1. The zero-order valence-corrected chi connectivity index (χ0v) is 18.5. The second kappa shape index (κ2) is 9.58. The van der Waals surface area contributed by atoms with E-state index in [2.05, 4.69) is 24.1 Å². The first kappa shape index (κ1) is 22.1. The molecule has 2 aliphatic heterocycles. The van der Waals surface area contributed by atoms with Crippen LogP contribution in [0.5, 0.6) is 11.5 Å². The molecule has 0 radical (unpaired) electrons. The minimum Gasteiger partial charge on any atom is -0.454 e. The van der Waals surface area contributed by atoms with Crippen molar-refractivity contribution in [1.29, 1.82) is 0 Å². The molecule has 1 N–H and O–H groups in total. The Bertz CT molecular complexity index is 967. The minimum absolute atomic E-state index is 0.157. The number of rotatable bonds is 6. The van der Waals surface area contributed by atoms with Crippen molar-refractivity contribution < 1.29 is 28.5 Å². The lowest BCUT2D eigenvalue weighted by molar-refractivity contribution is -0.123. The summed E-state index contributed by atoms with van der Waals surface area (Å²) in [7, 11) is 0. The highest BCUT2D eigenvalue weighted by Crippen LogP contribution is 2.34. The van der Waals surface area contributed by atoms with Crippen molar-refractivity contribution in [3.05, 3.63) is 53.6 Å². The van der Waals surface area contributed by atoms with Crippen LogP contribution in [0.2, 0.25) is 0 Å². The van der Waals surface area contributed by atoms with E-state index in [0.29, 0.717) is 22.7 Å². The predicted octanol–water partition coefficient (Wildman–Crippen LogP) is 3.21. The van der Waals surface area contributed by atoms with E-state index < -0.39 is 18.0 Å². The summed E-state index contributed by atoms with van der Waals surface area (Å²) in [6.45, 7) is 8.40. The number of carbonyl (C=O) groups excluding carboxylic acids is 2. The van der Waals surface area contributed by atoms with Crippen LogP contribution in [0.25, 0.3) is 0 Å². The van der Waals surface area contributed by atoms with Gasteiger partial charge in [-0.3, -0.25) is 9.69 Å². The Morgan fingerprint density at radius 1 is 1.06 bits per heavy atom. The first-order chi connectivity index (χ1) is 15.4. The molecule has 2 aliphatic rings. The lowest BCUT2D eigenvalue weighted by Gasteiger charge is -2.35. The molecule has 0 saturated carbocycles. The number of hydrogen-bond donors (Lipinski definition) is 1. The van der Waals surface area contributed by atoms with Crippen molar-refractivity contribution >= 4 is 17.6 Å². The second-order valence-corrected chi connectivity index (χ2v) is 8.25. The Morgan fingerprint density at radius 3 is 2.47 bits per heavy atom. The highest BCUT2D eigenvalue weighted by atomic mass is 16.7. The standard InChI is InChI=1S/C24H28N2O6/c1-15-11-26(12-16(2)31-15)13-18-4-6-19(7-5-18)24(28)32-17(3)23(27)25-20-8-9-21-22(10-20)30-14-29-21/h4-10,15-17H,11-14H2,1-3H3,(H,25,27). The number of nitrogens with zero attached hydrogens (tertiary/aromatic N) is 1. The summed E-state index contributed by atoms with van der Waals surface area (Å²) in [5, 5.41) is 2.72. The summed E-state index contributed by atoms with van der Waals surface area (Å²) in [5.41, 5.74) is 2.05. The largest absolute Gasteiger partial charge is 0.454 e. The van der Waals surface area contributed by atoms with E-state index in [-0.39, 0.29) is 19.0 Å². The Balaban J connectivity index is 1.29. The molecular formula is C24H28N2O6. The molecule has 3 atom stereocenters. The number of morpholine rings is 1. The number of ether oxygens (including phenoxy) is 4. The van der Waals surface area contributed by atoms with Crippen molar-refractivity contribution in [2.45, 2.75) is 45.6 Å². The molecule has 4 rings (SSSR count). The van der Waals surface area contributed by atoms with E-state index in [0.717, 1.165) is 25.2 Å². The van der Waals surface area contributed by atoms with Crippen LogP contribution in [0, 0.1) is 0 Å². The van der Waals surface area contributed by atoms with Gasteiger partial charge in [-0.1, -0.05) is 12.1 Å². The molecule has 1 amide bonds. The third-order valence-electron chi connectivity index (χ3n) is 5.38. The lowest BCUT2D eigenvalue weighted by Crippen LogP contribution is -2.44. The molecule has 1 saturated heterocycles. The predicted molar refractivity (Wildman–Crippen MR) is 118 cm³/mol. The fraction of sp³-hybridized carbons (Fsp3) is 0.417. The van der Waals surface area contributed by atoms with E-state index >= 15 is 0 Å². The van der Waals surface area contributed by atoms with Gasteiger partial charge in [0.1, 0.15) is 0 Å². The van der Waals surface area contributed by atoms with E-state index in [1.807, 2.05) is 12.1 Å². The Morgan fingerprint density at radius 2 is 1.75 bits per heavy atom. The van der Waals surface area contributed by atoms with Gasteiger partial charge in [-0.25, -0.2) is 4.79 Å². The maximum Gasteiger partial charge on any atom is 0.338 e. The molecule has 2 aromatic rings. The van der Waals surface area contributed by atoms with Gasteiger partial charge in [0, 0.05) is 31.4 Å². The van der Waals surface area contributed by atoms with Gasteiger partial charge in [-0.15, -0.1) is 0 Å². The number of hydrogen-bond acceptors (Lipinski definition) is 7. The molecule has 8 heteroatoms. The van der Waals surface area contributed by atoms with Crippen molar-refractivity contribution in [2.75, 3.05) is 25.2 Å². The smallest absolute Gasteiger partial charge is 0.338 e. The third kappa shape index (κ3) is 5.38. The SMILES string of the molecule is CC1CN(Cc2ccc(C(=O)OC(C)C(=O)Nc3ccc4c(c3)OCO4)cc2)CC(C)O1. The number of benzene rings is 2. The fourth-order valence-electron chi connectivity index (χ4n) is 3.92. The van der Waals surface area contributed by atoms with Crippen LogP contribution in [-0.2, 0) is 20.8 Å². The van der Waals surface area contributed by atoms with Gasteiger partial charge < -0.3 is 24.3 Å². The second-order valence-electron chi connectivity index (χ2n) is 8.25. The summed E-state index contributed by atoms with van der Waals surface area (Å²) < 4.78 is 21.7. The van der Waals surface area contributed by atoms with Crippen molar-refractivity contribution in [2.24, 2.45) is 0 Å². The van der Waals surface area contributed by atoms with Crippen molar-refractivity contribution in [3.8, 4) is 11.5 Å². The van der Waals surface area contributed by atoms with Crippen LogP contribution >= 0.6 is 0 Å². The zero-order valence-electron chi connectivity index (χ0n) is 18.5. The number of fused-ring (bicyclic) bond motifs is 1. The van der Waals surface area contributed by atoms with Gasteiger partial charge in [0.2, 0.25) is 6.79 Å². The third-order valence-corrected chi connectivity index (χ3v) is 5.38. The molecule has 8 nitrogen and oxygen atoms in total. The molecule has 3 unspecified atom stereocenters. The topological polar surface area (TPSA) is 86.3 Å². The van der Waals surface area contributed by atoms with Crippen LogP contribution in [0.15, 0.2) is 42.5 Å². The van der Waals surface area contributed by atoms with E-state index in [9.17, 15) is 9.59 Å². The Kier molecular flexibility index (Phi) is 6.62. The van der Waals surface area contributed by atoms with Crippen LogP contribution in [0.4, 0.5) is 5.69 Å². The first-order valence-corrected chi connectivity index (χ1v) is 10.8. The van der Waals surface area contributed by atoms with Crippen molar-refractivity contribution in [3.63, 3.8) is 0 Å². The summed E-state index contributed by atoms with van der Waals surface area (Å²) in [6.07, 6.45) is -0.541. The monoisotopic (exact) mass is 440 g/mol. The average molecular weight is 440 g/mol. The van der Waals surface area contributed by atoms with Gasteiger partial charge in [0.25, 0.3) is 5.91 Å². The Hall–Kier alpha value is -3.10. The van der Waals surface area contributed by atoms with Gasteiger partial charge in [-0.2, -0.15) is 0 Å². The van der Waals surface area contributed by atoms with Crippen LogP contribution in [0.3, 0.4) is 0 Å². The highest BCUT2D eigenvalue weighted by Gasteiger charge is 2.23. The van der Waals surface area contributed by atoms with E-state index in [1.165, 1.54) is 6.92 Å². The Labute approximate surface area is 187 Å². The van der Waals surface area contributed by atoms with E-state index in [1.54, 1.807) is 30.3 Å². The number of amides is 1. The summed E-state index contributed by atoms with van der Waals surface area (Å²) >= 11 is 0. The normalized spacial score (nSPS) is 21.1. The number of nitrogens with one attached hydrogen (secondary N) is 1. The molecule has 2 aromatic carbocycles. The summed E-state index contributed by atoms with van der Waals surface area (Å²) in [4.78, 5) is 27.3. The zero-order chi connectivity index (χ0) is 22.7. The molecule has 0 spiro atoms. The van der Waals surface area contributed by atoms with Gasteiger partial charge >= 0.3 is 5.97 Å². The molecule has 170 valence electrons. The molecule has 0 aromatic heterocycles. The average Bonchev–Trinajstić information content (AvgIpc) is 3.21.